The van der Waals surface area contributed by atoms with E-state index < -0.39 is 0 Å². The molecule has 0 aromatic heterocycles. The standard InChI is InChI=1S/C22H27NO3/c1-24-17-8-9-22(25-2)18-12-15-4-3-5-16-19(15)21(22,20(17)26-16)10-11-23(18)13-14-6-7-14/h3-5,8,14,18,20H,6-7,9-13H2,1-2H3/t18-,20+,21+,22-/m1/s1. The van der Waals surface area contributed by atoms with Crippen LogP contribution in [-0.4, -0.2) is 50.0 Å². The summed E-state index contributed by atoms with van der Waals surface area (Å²) in [5.74, 6) is 2.93. The van der Waals surface area contributed by atoms with Crippen molar-refractivity contribution in [2.24, 2.45) is 5.92 Å². The van der Waals surface area contributed by atoms with Gasteiger partial charge >= 0.3 is 0 Å². The van der Waals surface area contributed by atoms with Crippen LogP contribution < -0.4 is 4.74 Å². The van der Waals surface area contributed by atoms with Crippen LogP contribution >= 0.6 is 0 Å². The number of nitrogens with zero attached hydrogens (tertiary/aromatic N) is 1. The van der Waals surface area contributed by atoms with Crippen LogP contribution in [0.25, 0.3) is 0 Å². The summed E-state index contributed by atoms with van der Waals surface area (Å²) in [5.41, 5.74) is 2.54. The Balaban J connectivity index is 1.58. The van der Waals surface area contributed by atoms with Crippen molar-refractivity contribution in [1.82, 2.24) is 4.90 Å². The van der Waals surface area contributed by atoms with Gasteiger partial charge in [-0.05, 0) is 55.9 Å². The van der Waals surface area contributed by atoms with Crippen LogP contribution in [0, 0.1) is 5.92 Å². The Kier molecular flexibility index (Phi) is 3.02. The molecule has 0 N–H and O–H groups in total. The van der Waals surface area contributed by atoms with Gasteiger partial charge in [0.05, 0.1) is 12.5 Å². The highest BCUT2D eigenvalue weighted by molar-refractivity contribution is 5.59. The summed E-state index contributed by atoms with van der Waals surface area (Å²) in [6, 6.07) is 7.02. The van der Waals surface area contributed by atoms with Crippen LogP contribution in [0.4, 0.5) is 0 Å². The van der Waals surface area contributed by atoms with Crippen LogP contribution in [0.2, 0.25) is 0 Å². The molecule has 138 valence electrons. The minimum absolute atomic E-state index is 0.0526. The second-order valence-corrected chi connectivity index (χ2v) is 8.78. The zero-order valence-corrected chi connectivity index (χ0v) is 15.7. The van der Waals surface area contributed by atoms with Gasteiger partial charge in [-0.25, -0.2) is 0 Å². The molecule has 3 aliphatic carbocycles. The molecule has 4 nitrogen and oxygen atoms in total. The van der Waals surface area contributed by atoms with E-state index in [4.69, 9.17) is 14.2 Å². The second-order valence-electron chi connectivity index (χ2n) is 8.78. The first-order valence-corrected chi connectivity index (χ1v) is 10.1. The molecule has 4 atom stereocenters. The predicted molar refractivity (Wildman–Crippen MR) is 98.4 cm³/mol. The Morgan fingerprint density at radius 1 is 1.27 bits per heavy atom. The Bertz CT molecular complexity index is 801. The van der Waals surface area contributed by atoms with E-state index in [1.54, 1.807) is 7.11 Å². The van der Waals surface area contributed by atoms with E-state index in [-0.39, 0.29) is 17.1 Å². The summed E-state index contributed by atoms with van der Waals surface area (Å²) < 4.78 is 18.8. The maximum absolute atomic E-state index is 6.55. The van der Waals surface area contributed by atoms with Crippen molar-refractivity contribution in [3.8, 4) is 5.75 Å². The van der Waals surface area contributed by atoms with Gasteiger partial charge in [-0.3, -0.25) is 4.90 Å². The van der Waals surface area contributed by atoms with E-state index in [9.17, 15) is 0 Å². The Labute approximate surface area is 155 Å². The number of benzene rings is 1. The fourth-order valence-electron chi connectivity index (χ4n) is 6.60. The molecule has 1 saturated heterocycles. The van der Waals surface area contributed by atoms with Crippen molar-refractivity contribution in [2.45, 2.75) is 55.3 Å². The van der Waals surface area contributed by atoms with Crippen molar-refractivity contribution in [3.05, 3.63) is 41.2 Å². The molecular formula is C22H27NO3. The Morgan fingerprint density at radius 2 is 2.15 bits per heavy atom. The molecule has 2 fully saturated rings. The summed E-state index contributed by atoms with van der Waals surface area (Å²) >= 11 is 0. The monoisotopic (exact) mass is 353 g/mol. The van der Waals surface area contributed by atoms with Gasteiger partial charge in [0.1, 0.15) is 17.1 Å². The average molecular weight is 353 g/mol. The number of hydrogen-bond acceptors (Lipinski definition) is 4. The number of methoxy groups -OCH3 is 2. The lowest BCUT2D eigenvalue weighted by Crippen LogP contribution is -2.75. The van der Waals surface area contributed by atoms with Crippen molar-refractivity contribution in [3.63, 3.8) is 0 Å². The number of hydrogen-bond donors (Lipinski definition) is 0. The van der Waals surface area contributed by atoms with Gasteiger partial charge in [0.25, 0.3) is 0 Å². The zero-order chi connectivity index (χ0) is 17.5. The molecule has 1 aromatic rings. The Morgan fingerprint density at radius 3 is 2.92 bits per heavy atom. The number of likely N-dealkylation sites (tertiary alicyclic amines) is 1. The maximum Gasteiger partial charge on any atom is 0.168 e. The van der Waals surface area contributed by atoms with Gasteiger partial charge in [-0.1, -0.05) is 12.1 Å². The van der Waals surface area contributed by atoms with Crippen molar-refractivity contribution >= 4 is 0 Å². The van der Waals surface area contributed by atoms with E-state index in [2.05, 4.69) is 29.2 Å². The van der Waals surface area contributed by atoms with Crippen molar-refractivity contribution in [1.29, 1.82) is 0 Å². The van der Waals surface area contributed by atoms with Crippen LogP contribution in [0.5, 0.6) is 5.75 Å². The van der Waals surface area contributed by atoms with Crippen molar-refractivity contribution in [2.75, 3.05) is 27.3 Å². The number of piperidine rings is 1. The molecule has 6 rings (SSSR count). The summed E-state index contributed by atoms with van der Waals surface area (Å²) in [6.45, 7) is 2.37. The molecule has 5 aliphatic rings. The molecule has 2 heterocycles. The van der Waals surface area contributed by atoms with Gasteiger partial charge < -0.3 is 14.2 Å². The second kappa shape index (κ2) is 5.05. The molecule has 1 saturated carbocycles. The largest absolute Gasteiger partial charge is 0.497 e. The molecule has 2 aliphatic heterocycles. The molecule has 0 amide bonds. The molecular weight excluding hydrogens is 326 g/mol. The first kappa shape index (κ1) is 15.5. The lowest BCUT2D eigenvalue weighted by atomic mass is 9.50. The Hall–Kier alpha value is -1.52. The van der Waals surface area contributed by atoms with Gasteiger partial charge in [0.15, 0.2) is 6.10 Å². The SMILES string of the molecule is COC1=CC[C@@]2(OC)[C@H]3Cc4cccc5c4[C@@]2(CCN3CC2CC2)[C@H]1O5. The third-order valence-corrected chi connectivity index (χ3v) is 7.85. The van der Waals surface area contributed by atoms with Gasteiger partial charge in [-0.15, -0.1) is 0 Å². The fraction of sp³-hybridized carbons (Fsp3) is 0.636. The van der Waals surface area contributed by atoms with Gasteiger partial charge in [0.2, 0.25) is 0 Å². The van der Waals surface area contributed by atoms with Crippen LogP contribution in [0.3, 0.4) is 0 Å². The molecule has 4 heteroatoms. The van der Waals surface area contributed by atoms with Crippen molar-refractivity contribution < 1.29 is 14.2 Å². The third kappa shape index (κ3) is 1.64. The summed E-state index contributed by atoms with van der Waals surface area (Å²) in [5, 5.41) is 0. The van der Waals surface area contributed by atoms with E-state index in [1.807, 2.05) is 7.11 Å². The highest BCUT2D eigenvalue weighted by Gasteiger charge is 2.72. The minimum Gasteiger partial charge on any atom is -0.497 e. The number of rotatable bonds is 4. The quantitative estimate of drug-likeness (QED) is 0.833. The number of ether oxygens (including phenoxy) is 3. The molecule has 2 bridgehead atoms. The smallest absolute Gasteiger partial charge is 0.168 e. The van der Waals surface area contributed by atoms with E-state index in [1.165, 1.54) is 30.5 Å². The molecule has 26 heavy (non-hydrogen) atoms. The fourth-order valence-corrected chi connectivity index (χ4v) is 6.60. The lowest BCUT2D eigenvalue weighted by molar-refractivity contribution is -0.187. The summed E-state index contributed by atoms with van der Waals surface area (Å²) in [4.78, 5) is 2.74. The van der Waals surface area contributed by atoms with Crippen LogP contribution in [-0.2, 0) is 21.3 Å². The third-order valence-electron chi connectivity index (χ3n) is 7.85. The first-order valence-electron chi connectivity index (χ1n) is 10.1. The molecule has 0 radical (unpaired) electrons. The summed E-state index contributed by atoms with van der Waals surface area (Å²) in [7, 11) is 3.70. The normalized spacial score (nSPS) is 39.8. The predicted octanol–water partition coefficient (Wildman–Crippen LogP) is 3.05. The molecule has 1 aromatic carbocycles. The van der Waals surface area contributed by atoms with Gasteiger partial charge in [-0.2, -0.15) is 0 Å². The lowest BCUT2D eigenvalue weighted by Gasteiger charge is -2.63. The van der Waals surface area contributed by atoms with Crippen LogP contribution in [0.1, 0.15) is 36.8 Å². The summed E-state index contributed by atoms with van der Waals surface area (Å²) in [6.07, 6.45) is 8.03. The van der Waals surface area contributed by atoms with Crippen LogP contribution in [0.15, 0.2) is 30.0 Å². The van der Waals surface area contributed by atoms with E-state index in [0.717, 1.165) is 43.2 Å². The van der Waals surface area contributed by atoms with E-state index in [0.29, 0.717) is 6.04 Å². The molecule has 0 unspecified atom stereocenters. The molecule has 1 spiro atoms. The van der Waals surface area contributed by atoms with E-state index >= 15 is 0 Å². The maximum atomic E-state index is 6.55. The zero-order valence-electron chi connectivity index (χ0n) is 15.7. The topological polar surface area (TPSA) is 30.9 Å². The van der Waals surface area contributed by atoms with Gasteiger partial charge in [0, 0.05) is 31.7 Å². The minimum atomic E-state index is -0.216. The average Bonchev–Trinajstić information content (AvgIpc) is 3.41. The highest BCUT2D eigenvalue weighted by atomic mass is 16.5. The first-order chi connectivity index (χ1) is 12.7. The highest BCUT2D eigenvalue weighted by Crippen LogP contribution is 2.65.